The number of benzene rings is 1. The summed E-state index contributed by atoms with van der Waals surface area (Å²) in [5.41, 5.74) is 3.63. The third kappa shape index (κ3) is 5.49. The van der Waals surface area contributed by atoms with E-state index in [9.17, 15) is 4.79 Å². The van der Waals surface area contributed by atoms with Gasteiger partial charge in [0.2, 0.25) is 0 Å². The lowest BCUT2D eigenvalue weighted by Gasteiger charge is -2.08. The van der Waals surface area contributed by atoms with E-state index in [1.165, 1.54) is 19.3 Å². The highest BCUT2D eigenvalue weighted by atomic mass is 16.5. The van der Waals surface area contributed by atoms with Gasteiger partial charge in [0.1, 0.15) is 11.4 Å². The van der Waals surface area contributed by atoms with Crippen molar-refractivity contribution in [3.63, 3.8) is 0 Å². The zero-order valence-corrected chi connectivity index (χ0v) is 14.1. The van der Waals surface area contributed by atoms with Crippen LogP contribution in [-0.2, 0) is 0 Å². The number of hydrogen-bond donors (Lipinski definition) is 2. The smallest absolute Gasteiger partial charge is 0.363 e. The van der Waals surface area contributed by atoms with Gasteiger partial charge in [-0.1, -0.05) is 38.3 Å². The molecule has 0 spiro atoms. The molecule has 2 aromatic rings. The molecule has 128 valence electrons. The molecule has 0 radical (unpaired) electrons. The lowest BCUT2D eigenvalue weighted by molar-refractivity contribution is 0.304. The highest BCUT2D eigenvalue weighted by Crippen LogP contribution is 2.16. The predicted octanol–water partition coefficient (Wildman–Crippen LogP) is 2.88. The zero-order valence-electron chi connectivity index (χ0n) is 14.1. The first kappa shape index (κ1) is 17.7. The van der Waals surface area contributed by atoms with Gasteiger partial charge in [-0.15, -0.1) is 0 Å². The number of aryl methyl sites for hydroxylation is 1. The van der Waals surface area contributed by atoms with E-state index in [1.807, 2.05) is 24.3 Å². The fraction of sp³-hybridized carbons (Fsp3) is 0.412. The zero-order chi connectivity index (χ0) is 17.2. The number of aromatic amines is 1. The first-order chi connectivity index (χ1) is 11.7. The van der Waals surface area contributed by atoms with E-state index in [1.54, 1.807) is 13.1 Å². The van der Waals surface area contributed by atoms with E-state index >= 15 is 0 Å². The molecular formula is C17H23N5O2. The summed E-state index contributed by atoms with van der Waals surface area (Å²) in [6, 6.07) is 7.68. The number of unbranched alkanes of at least 4 members (excludes halogenated alkanes) is 3. The second-order valence-electron chi connectivity index (χ2n) is 5.39. The summed E-state index contributed by atoms with van der Waals surface area (Å²) in [6.07, 6.45) is 6.30. The molecule has 0 bridgehead atoms. The van der Waals surface area contributed by atoms with Crippen molar-refractivity contribution in [2.75, 3.05) is 12.0 Å². The molecule has 0 aliphatic rings. The fourth-order valence-electron chi connectivity index (χ4n) is 2.09. The fourth-order valence-corrected chi connectivity index (χ4v) is 2.09. The average Bonchev–Trinajstić information content (AvgIpc) is 2.59. The van der Waals surface area contributed by atoms with Crippen molar-refractivity contribution >= 4 is 12.0 Å². The molecule has 0 atom stereocenters. The summed E-state index contributed by atoms with van der Waals surface area (Å²) in [5, 5.41) is 10.2. The van der Waals surface area contributed by atoms with Crippen LogP contribution >= 0.6 is 0 Å². The van der Waals surface area contributed by atoms with Crippen LogP contribution in [0.5, 0.6) is 5.75 Å². The molecule has 0 saturated carbocycles. The minimum atomic E-state index is -0.519. The summed E-state index contributed by atoms with van der Waals surface area (Å²) in [5.74, 6) is 1.11. The number of H-pyrrole nitrogens is 1. The maximum absolute atomic E-state index is 11.2. The second-order valence-corrected chi connectivity index (χ2v) is 5.39. The van der Waals surface area contributed by atoms with Gasteiger partial charge in [-0.3, -0.25) is 5.43 Å². The number of aromatic nitrogens is 3. The maximum Gasteiger partial charge on any atom is 0.363 e. The van der Waals surface area contributed by atoms with Gasteiger partial charge in [0.25, 0.3) is 0 Å². The van der Waals surface area contributed by atoms with E-state index < -0.39 is 5.69 Å². The predicted molar refractivity (Wildman–Crippen MR) is 94.7 cm³/mol. The Balaban J connectivity index is 1.96. The normalized spacial score (nSPS) is 10.9. The van der Waals surface area contributed by atoms with Gasteiger partial charge >= 0.3 is 5.69 Å². The van der Waals surface area contributed by atoms with Gasteiger partial charge in [0.05, 0.1) is 12.8 Å². The number of nitrogens with one attached hydrogen (secondary N) is 2. The lowest BCUT2D eigenvalue weighted by Crippen LogP contribution is -2.15. The van der Waals surface area contributed by atoms with Crippen LogP contribution in [0.4, 0.5) is 5.82 Å². The Bertz CT molecular complexity index is 727. The molecule has 0 unspecified atom stereocenters. The molecule has 1 heterocycles. The van der Waals surface area contributed by atoms with E-state index in [0.29, 0.717) is 18.1 Å². The Morgan fingerprint density at radius 2 is 2.12 bits per heavy atom. The minimum absolute atomic E-state index is 0.327. The van der Waals surface area contributed by atoms with Crippen molar-refractivity contribution < 1.29 is 4.74 Å². The van der Waals surface area contributed by atoms with E-state index in [2.05, 4.69) is 32.6 Å². The van der Waals surface area contributed by atoms with E-state index in [-0.39, 0.29) is 0 Å². The molecule has 0 aliphatic heterocycles. The molecule has 2 N–H and O–H groups in total. The largest absolute Gasteiger partial charge is 0.493 e. The maximum atomic E-state index is 11.2. The SMILES string of the molecule is CCCCCCOc1ccccc1C=NNc1nc(=O)[nH]nc1C. The Labute approximate surface area is 141 Å². The van der Waals surface area contributed by atoms with Gasteiger partial charge in [-0.05, 0) is 25.5 Å². The molecule has 0 aliphatic carbocycles. The van der Waals surface area contributed by atoms with Crippen LogP contribution in [0.25, 0.3) is 0 Å². The molecule has 7 nitrogen and oxygen atoms in total. The van der Waals surface area contributed by atoms with Crippen LogP contribution in [0.15, 0.2) is 34.2 Å². The third-order valence-electron chi connectivity index (χ3n) is 3.42. The van der Waals surface area contributed by atoms with E-state index in [0.717, 1.165) is 17.7 Å². The van der Waals surface area contributed by atoms with Gasteiger partial charge in [-0.2, -0.15) is 15.2 Å². The van der Waals surface area contributed by atoms with Crippen LogP contribution in [0.3, 0.4) is 0 Å². The number of ether oxygens (including phenoxy) is 1. The van der Waals surface area contributed by atoms with Crippen LogP contribution in [0.1, 0.15) is 43.9 Å². The van der Waals surface area contributed by atoms with Crippen molar-refractivity contribution in [2.45, 2.75) is 39.5 Å². The molecule has 24 heavy (non-hydrogen) atoms. The molecule has 2 rings (SSSR count). The number of rotatable bonds is 9. The van der Waals surface area contributed by atoms with Gasteiger partial charge < -0.3 is 4.74 Å². The van der Waals surface area contributed by atoms with Crippen LogP contribution in [0, 0.1) is 6.92 Å². The molecule has 1 aromatic carbocycles. The van der Waals surface area contributed by atoms with Crippen LogP contribution < -0.4 is 15.9 Å². The summed E-state index contributed by atoms with van der Waals surface area (Å²) in [7, 11) is 0. The van der Waals surface area contributed by atoms with Crippen molar-refractivity contribution in [1.82, 2.24) is 15.2 Å². The quantitative estimate of drug-likeness (QED) is 0.419. The Morgan fingerprint density at radius 1 is 1.29 bits per heavy atom. The Hall–Kier alpha value is -2.70. The van der Waals surface area contributed by atoms with Crippen molar-refractivity contribution in [1.29, 1.82) is 0 Å². The molecule has 0 fully saturated rings. The highest BCUT2D eigenvalue weighted by Gasteiger charge is 2.02. The van der Waals surface area contributed by atoms with Crippen LogP contribution in [0.2, 0.25) is 0 Å². The minimum Gasteiger partial charge on any atom is -0.493 e. The van der Waals surface area contributed by atoms with Gasteiger partial charge in [0.15, 0.2) is 5.82 Å². The van der Waals surface area contributed by atoms with Gasteiger partial charge in [-0.25, -0.2) is 9.89 Å². The number of para-hydroxylation sites is 1. The Kier molecular flexibility index (Phi) is 6.94. The molecular weight excluding hydrogens is 306 g/mol. The highest BCUT2D eigenvalue weighted by molar-refractivity contribution is 5.83. The lowest BCUT2D eigenvalue weighted by atomic mass is 10.2. The monoisotopic (exact) mass is 329 g/mol. The number of hydrogen-bond acceptors (Lipinski definition) is 6. The Morgan fingerprint density at radius 3 is 2.96 bits per heavy atom. The first-order valence-electron chi connectivity index (χ1n) is 8.15. The van der Waals surface area contributed by atoms with Gasteiger partial charge in [0, 0.05) is 5.56 Å². The summed E-state index contributed by atoms with van der Waals surface area (Å²) < 4.78 is 5.83. The topological polar surface area (TPSA) is 92.3 Å². The average molecular weight is 329 g/mol. The first-order valence-corrected chi connectivity index (χ1v) is 8.15. The summed E-state index contributed by atoms with van der Waals surface area (Å²) in [4.78, 5) is 15.0. The molecule has 1 aromatic heterocycles. The molecule has 7 heteroatoms. The number of hydrazone groups is 1. The number of nitrogens with zero attached hydrogens (tertiary/aromatic N) is 3. The third-order valence-corrected chi connectivity index (χ3v) is 3.42. The van der Waals surface area contributed by atoms with E-state index in [4.69, 9.17) is 4.74 Å². The summed E-state index contributed by atoms with van der Waals surface area (Å²) in [6.45, 7) is 4.61. The summed E-state index contributed by atoms with van der Waals surface area (Å²) >= 11 is 0. The van der Waals surface area contributed by atoms with Crippen LogP contribution in [-0.4, -0.2) is 28.0 Å². The molecule has 0 amide bonds. The number of anilines is 1. The standard InChI is InChI=1S/C17H23N5O2/c1-3-4-5-8-11-24-15-10-7-6-9-14(15)12-18-21-16-13(2)20-22-17(23)19-16/h6-7,9-10,12H,3-5,8,11H2,1-2H3,(H2,19,21,22,23). The second kappa shape index (κ2) is 9.44. The van der Waals surface area contributed by atoms with Crippen molar-refractivity contribution in [2.24, 2.45) is 5.10 Å². The van der Waals surface area contributed by atoms with Crippen molar-refractivity contribution in [3.8, 4) is 5.75 Å². The molecule has 0 saturated heterocycles. The van der Waals surface area contributed by atoms with Crippen molar-refractivity contribution in [3.05, 3.63) is 46.0 Å².